The molecule has 20 heavy (non-hydrogen) atoms. The first-order chi connectivity index (χ1) is 9.58. The zero-order valence-electron chi connectivity index (χ0n) is 12.5. The fourth-order valence-corrected chi connectivity index (χ4v) is 2.73. The molecule has 2 aromatic rings. The molecular weight excluding hydrogens is 244 g/mol. The molecule has 1 heteroatoms. The predicted octanol–water partition coefficient (Wildman–Crippen LogP) is 5.11. The summed E-state index contributed by atoms with van der Waals surface area (Å²) in [6.07, 6.45) is 1.12. The zero-order valence-corrected chi connectivity index (χ0v) is 12.5. The van der Waals surface area contributed by atoms with E-state index < -0.39 is 0 Å². The van der Waals surface area contributed by atoms with Crippen molar-refractivity contribution in [2.45, 2.75) is 38.7 Å². The molecule has 0 bridgehead atoms. The third-order valence-electron chi connectivity index (χ3n) is 4.38. The molecule has 0 radical (unpaired) electrons. The van der Waals surface area contributed by atoms with Crippen LogP contribution in [0.1, 0.15) is 44.2 Å². The van der Waals surface area contributed by atoms with Gasteiger partial charge in [0.05, 0.1) is 12.2 Å². The van der Waals surface area contributed by atoms with Gasteiger partial charge in [-0.25, -0.2) is 0 Å². The lowest BCUT2D eigenvalue weighted by molar-refractivity contribution is -0.140. The summed E-state index contributed by atoms with van der Waals surface area (Å²) in [5.41, 5.74) is 5.19. The average molecular weight is 266 g/mol. The molecule has 1 fully saturated rings. The first kappa shape index (κ1) is 13.4. The number of hydrogen-bond donors (Lipinski definition) is 0. The second-order valence-corrected chi connectivity index (χ2v) is 6.19. The van der Waals surface area contributed by atoms with Crippen molar-refractivity contribution in [3.05, 3.63) is 59.7 Å². The molecule has 1 aliphatic heterocycles. The fourth-order valence-electron chi connectivity index (χ4n) is 2.73. The molecule has 1 unspecified atom stereocenters. The summed E-state index contributed by atoms with van der Waals surface area (Å²) in [5.74, 6) is 0.566. The monoisotopic (exact) mass is 266 g/mol. The Kier molecular flexibility index (Phi) is 3.39. The van der Waals surface area contributed by atoms with Crippen molar-refractivity contribution in [1.29, 1.82) is 0 Å². The van der Waals surface area contributed by atoms with Crippen LogP contribution in [0.15, 0.2) is 48.5 Å². The van der Waals surface area contributed by atoms with Crippen LogP contribution in [0.5, 0.6) is 0 Å². The van der Waals surface area contributed by atoms with Crippen molar-refractivity contribution in [2.24, 2.45) is 0 Å². The molecule has 1 aliphatic rings. The molecule has 0 aliphatic carbocycles. The van der Waals surface area contributed by atoms with Gasteiger partial charge in [0.2, 0.25) is 0 Å². The number of hydrogen-bond acceptors (Lipinski definition) is 1. The van der Waals surface area contributed by atoms with Gasteiger partial charge in [-0.2, -0.15) is 0 Å². The van der Waals surface area contributed by atoms with Crippen LogP contribution in [0.2, 0.25) is 0 Å². The van der Waals surface area contributed by atoms with Crippen molar-refractivity contribution in [1.82, 2.24) is 0 Å². The Balaban J connectivity index is 1.89. The van der Waals surface area contributed by atoms with Crippen molar-refractivity contribution >= 4 is 0 Å². The van der Waals surface area contributed by atoms with E-state index in [-0.39, 0.29) is 5.60 Å². The SMILES string of the molecule is CC(C)c1cccc(-c2ccc(C3(C)CCO3)cc2)c1. The first-order valence-corrected chi connectivity index (χ1v) is 7.43. The van der Waals surface area contributed by atoms with Gasteiger partial charge in [0.1, 0.15) is 0 Å². The maximum atomic E-state index is 5.70. The van der Waals surface area contributed by atoms with Crippen LogP contribution in [0.25, 0.3) is 11.1 Å². The van der Waals surface area contributed by atoms with E-state index in [0.29, 0.717) is 5.92 Å². The van der Waals surface area contributed by atoms with Gasteiger partial charge in [-0.05, 0) is 35.1 Å². The molecule has 1 nitrogen and oxygen atoms in total. The smallest absolute Gasteiger partial charge is 0.0925 e. The summed E-state index contributed by atoms with van der Waals surface area (Å²) in [4.78, 5) is 0. The largest absolute Gasteiger partial charge is 0.370 e. The lowest BCUT2D eigenvalue weighted by Crippen LogP contribution is -2.37. The molecule has 104 valence electrons. The van der Waals surface area contributed by atoms with E-state index in [4.69, 9.17) is 4.74 Å². The Morgan fingerprint density at radius 1 is 1.00 bits per heavy atom. The van der Waals surface area contributed by atoms with E-state index in [1.54, 1.807) is 0 Å². The second kappa shape index (κ2) is 5.06. The Morgan fingerprint density at radius 2 is 1.70 bits per heavy atom. The summed E-state index contributed by atoms with van der Waals surface area (Å²) < 4.78 is 5.70. The van der Waals surface area contributed by atoms with E-state index in [9.17, 15) is 0 Å². The Morgan fingerprint density at radius 3 is 2.25 bits per heavy atom. The first-order valence-electron chi connectivity index (χ1n) is 7.43. The lowest BCUT2D eigenvalue weighted by Gasteiger charge is -2.39. The topological polar surface area (TPSA) is 9.23 Å². The van der Waals surface area contributed by atoms with Gasteiger partial charge < -0.3 is 4.74 Å². The normalized spacial score (nSPS) is 21.8. The summed E-state index contributed by atoms with van der Waals surface area (Å²) in [7, 11) is 0. The highest BCUT2D eigenvalue weighted by atomic mass is 16.5. The highest BCUT2D eigenvalue weighted by Gasteiger charge is 2.34. The van der Waals surface area contributed by atoms with Crippen molar-refractivity contribution in [3.8, 4) is 11.1 Å². The summed E-state index contributed by atoms with van der Waals surface area (Å²) in [5, 5.41) is 0. The molecule has 0 saturated carbocycles. The van der Waals surface area contributed by atoms with Gasteiger partial charge in [0.25, 0.3) is 0 Å². The van der Waals surface area contributed by atoms with Gasteiger partial charge in [-0.3, -0.25) is 0 Å². The number of ether oxygens (including phenoxy) is 1. The molecule has 0 spiro atoms. The molecule has 2 aromatic carbocycles. The van der Waals surface area contributed by atoms with Crippen LogP contribution in [-0.4, -0.2) is 6.61 Å². The maximum Gasteiger partial charge on any atom is 0.0925 e. The number of rotatable bonds is 3. The highest BCUT2D eigenvalue weighted by molar-refractivity contribution is 5.64. The fraction of sp³-hybridized carbons (Fsp3) is 0.368. The Bertz CT molecular complexity index is 591. The molecule has 1 saturated heterocycles. The number of benzene rings is 2. The molecule has 3 rings (SSSR count). The van der Waals surface area contributed by atoms with E-state index in [1.165, 1.54) is 22.3 Å². The molecule has 0 amide bonds. The maximum absolute atomic E-state index is 5.70. The molecule has 0 aromatic heterocycles. The van der Waals surface area contributed by atoms with Crippen molar-refractivity contribution in [2.75, 3.05) is 6.61 Å². The Labute approximate surface area is 121 Å². The van der Waals surface area contributed by atoms with Gasteiger partial charge in [0.15, 0.2) is 0 Å². The summed E-state index contributed by atoms with van der Waals surface area (Å²) in [6, 6.07) is 17.7. The molecule has 1 atom stereocenters. The van der Waals surface area contributed by atoms with Crippen LogP contribution >= 0.6 is 0 Å². The zero-order chi connectivity index (χ0) is 14.2. The average Bonchev–Trinajstić information content (AvgIpc) is 2.45. The third-order valence-corrected chi connectivity index (χ3v) is 4.38. The van der Waals surface area contributed by atoms with Crippen LogP contribution in [0, 0.1) is 0 Å². The van der Waals surface area contributed by atoms with Gasteiger partial charge in [-0.15, -0.1) is 0 Å². The van der Waals surface area contributed by atoms with Gasteiger partial charge in [0, 0.05) is 6.42 Å². The van der Waals surface area contributed by atoms with Gasteiger partial charge >= 0.3 is 0 Å². The van der Waals surface area contributed by atoms with Crippen LogP contribution in [0.4, 0.5) is 0 Å². The minimum Gasteiger partial charge on any atom is -0.370 e. The minimum absolute atomic E-state index is 0.0572. The van der Waals surface area contributed by atoms with E-state index >= 15 is 0 Å². The molecule has 1 heterocycles. The van der Waals surface area contributed by atoms with E-state index in [1.807, 2.05) is 0 Å². The van der Waals surface area contributed by atoms with Crippen LogP contribution in [-0.2, 0) is 10.3 Å². The quantitative estimate of drug-likeness (QED) is 0.750. The Hall–Kier alpha value is -1.60. The van der Waals surface area contributed by atoms with Crippen molar-refractivity contribution < 1.29 is 4.74 Å². The lowest BCUT2D eigenvalue weighted by atomic mass is 9.87. The highest BCUT2D eigenvalue weighted by Crippen LogP contribution is 2.37. The standard InChI is InChI=1S/C19H22O/c1-14(2)16-5-4-6-17(13-16)15-7-9-18(10-8-15)19(3)11-12-20-19/h4-10,13-14H,11-12H2,1-3H3. The van der Waals surface area contributed by atoms with Crippen molar-refractivity contribution in [3.63, 3.8) is 0 Å². The van der Waals surface area contributed by atoms with Gasteiger partial charge in [-0.1, -0.05) is 62.4 Å². The van der Waals surface area contributed by atoms with E-state index in [2.05, 4.69) is 69.3 Å². The predicted molar refractivity (Wildman–Crippen MR) is 83.9 cm³/mol. The second-order valence-electron chi connectivity index (χ2n) is 6.19. The molecular formula is C19H22O. The minimum atomic E-state index is -0.0572. The third kappa shape index (κ3) is 2.38. The summed E-state index contributed by atoms with van der Waals surface area (Å²) in [6.45, 7) is 7.52. The van der Waals surface area contributed by atoms with E-state index in [0.717, 1.165) is 13.0 Å². The summed E-state index contributed by atoms with van der Waals surface area (Å²) >= 11 is 0. The molecule has 0 N–H and O–H groups in total. The van der Waals surface area contributed by atoms with Crippen LogP contribution < -0.4 is 0 Å². The van der Waals surface area contributed by atoms with Crippen LogP contribution in [0.3, 0.4) is 0 Å².